The first kappa shape index (κ1) is 14.5. The second kappa shape index (κ2) is 5.40. The fraction of sp³-hybridized carbons (Fsp3) is 0.273. The van der Waals surface area contributed by atoms with Crippen molar-refractivity contribution in [3.63, 3.8) is 0 Å². The van der Waals surface area contributed by atoms with Crippen molar-refractivity contribution in [2.24, 2.45) is 0 Å². The Labute approximate surface area is 109 Å². The van der Waals surface area contributed by atoms with Gasteiger partial charge < -0.3 is 4.74 Å². The average molecular weight is 322 g/mol. The molecular formula is C11H7BrF3NO2. The summed E-state index contributed by atoms with van der Waals surface area (Å²) in [4.78, 5) is 11.6. The summed E-state index contributed by atoms with van der Waals surface area (Å²) in [6.45, 7) is 1.53. The Morgan fingerprint density at radius 1 is 1.50 bits per heavy atom. The zero-order chi connectivity index (χ0) is 13.9. The van der Waals surface area contributed by atoms with Gasteiger partial charge in [-0.2, -0.15) is 18.4 Å². The number of esters is 1. The number of alkyl halides is 3. The van der Waals surface area contributed by atoms with E-state index in [0.29, 0.717) is 0 Å². The maximum Gasteiger partial charge on any atom is 0.417 e. The molecule has 0 amide bonds. The number of carbonyl (C=O) groups is 1. The van der Waals surface area contributed by atoms with Gasteiger partial charge in [0, 0.05) is 4.47 Å². The fourth-order valence-electron chi connectivity index (χ4n) is 1.33. The lowest BCUT2D eigenvalue weighted by Gasteiger charge is -2.12. The Morgan fingerprint density at radius 3 is 2.56 bits per heavy atom. The SMILES string of the molecule is CCOC(=O)c1c(Br)ccc(C(F)(F)F)c1C#N. The van der Waals surface area contributed by atoms with E-state index in [2.05, 4.69) is 20.7 Å². The number of ether oxygens (including phenoxy) is 1. The number of nitrogens with zero attached hydrogens (tertiary/aromatic N) is 1. The van der Waals surface area contributed by atoms with Crippen molar-refractivity contribution < 1.29 is 22.7 Å². The predicted octanol–water partition coefficient (Wildman–Crippen LogP) is 3.52. The van der Waals surface area contributed by atoms with Gasteiger partial charge in [0.1, 0.15) is 6.07 Å². The van der Waals surface area contributed by atoms with Crippen molar-refractivity contribution >= 4 is 21.9 Å². The molecule has 0 aliphatic heterocycles. The molecule has 0 aliphatic carbocycles. The van der Waals surface area contributed by atoms with Crippen LogP contribution in [0.25, 0.3) is 0 Å². The van der Waals surface area contributed by atoms with Crippen molar-refractivity contribution in [1.82, 2.24) is 0 Å². The van der Waals surface area contributed by atoms with Gasteiger partial charge in [-0.05, 0) is 35.0 Å². The molecule has 0 radical (unpaired) electrons. The monoisotopic (exact) mass is 321 g/mol. The third-order valence-electron chi connectivity index (χ3n) is 2.05. The summed E-state index contributed by atoms with van der Waals surface area (Å²) < 4.78 is 42.8. The van der Waals surface area contributed by atoms with Crippen LogP contribution in [0.5, 0.6) is 0 Å². The average Bonchev–Trinajstić information content (AvgIpc) is 2.26. The van der Waals surface area contributed by atoms with Crippen LogP contribution in [-0.2, 0) is 10.9 Å². The van der Waals surface area contributed by atoms with Crippen molar-refractivity contribution in [3.05, 3.63) is 33.3 Å². The number of rotatable bonds is 2. The highest BCUT2D eigenvalue weighted by molar-refractivity contribution is 9.10. The lowest BCUT2D eigenvalue weighted by Crippen LogP contribution is -2.14. The van der Waals surface area contributed by atoms with E-state index >= 15 is 0 Å². The van der Waals surface area contributed by atoms with Gasteiger partial charge in [-0.3, -0.25) is 0 Å². The van der Waals surface area contributed by atoms with Crippen LogP contribution >= 0.6 is 15.9 Å². The van der Waals surface area contributed by atoms with Gasteiger partial charge in [0.2, 0.25) is 0 Å². The number of nitriles is 1. The summed E-state index contributed by atoms with van der Waals surface area (Å²) in [6, 6.07) is 3.21. The largest absolute Gasteiger partial charge is 0.462 e. The summed E-state index contributed by atoms with van der Waals surface area (Å²) >= 11 is 2.94. The second-order valence-electron chi connectivity index (χ2n) is 3.17. The molecule has 0 unspecified atom stereocenters. The molecule has 0 bridgehead atoms. The van der Waals surface area contributed by atoms with E-state index in [4.69, 9.17) is 5.26 Å². The van der Waals surface area contributed by atoms with Crippen molar-refractivity contribution in [3.8, 4) is 6.07 Å². The summed E-state index contributed by atoms with van der Waals surface area (Å²) in [6.07, 6.45) is -4.70. The summed E-state index contributed by atoms with van der Waals surface area (Å²) in [7, 11) is 0. The van der Waals surface area contributed by atoms with Gasteiger partial charge in [-0.1, -0.05) is 0 Å². The Kier molecular flexibility index (Phi) is 4.35. The molecule has 0 saturated carbocycles. The van der Waals surface area contributed by atoms with Crippen LogP contribution in [0.2, 0.25) is 0 Å². The van der Waals surface area contributed by atoms with E-state index in [1.54, 1.807) is 0 Å². The van der Waals surface area contributed by atoms with Crippen LogP contribution in [0.4, 0.5) is 13.2 Å². The van der Waals surface area contributed by atoms with Gasteiger partial charge in [0.15, 0.2) is 0 Å². The van der Waals surface area contributed by atoms with Crippen molar-refractivity contribution in [2.75, 3.05) is 6.61 Å². The zero-order valence-corrected chi connectivity index (χ0v) is 10.7. The predicted molar refractivity (Wildman–Crippen MR) is 59.8 cm³/mol. The topological polar surface area (TPSA) is 50.1 Å². The van der Waals surface area contributed by atoms with Crippen LogP contribution in [0.1, 0.15) is 28.4 Å². The molecule has 1 aromatic carbocycles. The smallest absolute Gasteiger partial charge is 0.417 e. The van der Waals surface area contributed by atoms with E-state index < -0.39 is 28.8 Å². The highest BCUT2D eigenvalue weighted by Gasteiger charge is 2.36. The zero-order valence-electron chi connectivity index (χ0n) is 9.14. The van der Waals surface area contributed by atoms with Gasteiger partial charge >= 0.3 is 12.1 Å². The third-order valence-corrected chi connectivity index (χ3v) is 2.71. The van der Waals surface area contributed by atoms with Gasteiger partial charge in [0.05, 0.1) is 23.3 Å². The van der Waals surface area contributed by atoms with Gasteiger partial charge in [-0.15, -0.1) is 0 Å². The molecule has 1 aromatic rings. The van der Waals surface area contributed by atoms with Gasteiger partial charge in [0.25, 0.3) is 0 Å². The molecule has 1 rings (SSSR count). The molecule has 0 heterocycles. The number of hydrogen-bond acceptors (Lipinski definition) is 3. The number of halogens is 4. The molecule has 0 spiro atoms. The van der Waals surface area contributed by atoms with Crippen molar-refractivity contribution in [1.29, 1.82) is 5.26 Å². The van der Waals surface area contributed by atoms with E-state index in [1.807, 2.05) is 0 Å². The minimum atomic E-state index is -4.70. The maximum atomic E-state index is 12.7. The maximum absolute atomic E-state index is 12.7. The first-order valence-corrected chi connectivity index (χ1v) is 5.59. The summed E-state index contributed by atoms with van der Waals surface area (Å²) in [5.74, 6) is -0.966. The summed E-state index contributed by atoms with van der Waals surface area (Å²) in [5, 5.41) is 8.83. The second-order valence-corrected chi connectivity index (χ2v) is 4.03. The quantitative estimate of drug-likeness (QED) is 0.783. The number of benzene rings is 1. The normalized spacial score (nSPS) is 10.9. The fourth-order valence-corrected chi connectivity index (χ4v) is 1.82. The first-order chi connectivity index (χ1) is 8.32. The van der Waals surface area contributed by atoms with E-state index in [1.165, 1.54) is 13.0 Å². The molecule has 0 fully saturated rings. The Balaban J connectivity index is 3.51. The van der Waals surface area contributed by atoms with E-state index in [9.17, 15) is 18.0 Å². The van der Waals surface area contributed by atoms with Crippen LogP contribution in [0, 0.1) is 11.3 Å². The summed E-state index contributed by atoms with van der Waals surface area (Å²) in [5.41, 5.74) is -2.30. The van der Waals surface area contributed by atoms with E-state index in [0.717, 1.165) is 12.1 Å². The van der Waals surface area contributed by atoms with Gasteiger partial charge in [-0.25, -0.2) is 4.79 Å². The minimum absolute atomic E-state index is 0.00634. The molecule has 0 aromatic heterocycles. The molecule has 0 aliphatic rings. The number of carbonyl (C=O) groups excluding carboxylic acids is 1. The Hall–Kier alpha value is -1.55. The van der Waals surface area contributed by atoms with Crippen molar-refractivity contribution in [2.45, 2.75) is 13.1 Å². The lowest BCUT2D eigenvalue weighted by atomic mass is 10.0. The molecular weight excluding hydrogens is 315 g/mol. The minimum Gasteiger partial charge on any atom is -0.462 e. The highest BCUT2D eigenvalue weighted by Crippen LogP contribution is 2.35. The third kappa shape index (κ3) is 2.82. The Bertz CT molecular complexity index is 520. The molecule has 96 valence electrons. The van der Waals surface area contributed by atoms with Crippen LogP contribution in [-0.4, -0.2) is 12.6 Å². The molecule has 18 heavy (non-hydrogen) atoms. The Morgan fingerprint density at radius 2 is 2.11 bits per heavy atom. The molecule has 0 N–H and O–H groups in total. The lowest BCUT2D eigenvalue weighted by molar-refractivity contribution is -0.137. The molecule has 3 nitrogen and oxygen atoms in total. The first-order valence-electron chi connectivity index (χ1n) is 4.79. The van der Waals surface area contributed by atoms with E-state index in [-0.39, 0.29) is 11.1 Å². The van der Waals surface area contributed by atoms with Crippen LogP contribution < -0.4 is 0 Å². The highest BCUT2D eigenvalue weighted by atomic mass is 79.9. The standard InChI is InChI=1S/C11H7BrF3NO2/c1-2-18-10(17)9-6(5-16)7(11(13,14)15)3-4-8(9)12/h3-4H,2H2,1H3. The van der Waals surface area contributed by atoms with Crippen LogP contribution in [0.3, 0.4) is 0 Å². The number of hydrogen-bond donors (Lipinski definition) is 0. The molecule has 7 heteroatoms. The molecule has 0 atom stereocenters. The van der Waals surface area contributed by atoms with Crippen LogP contribution in [0.15, 0.2) is 16.6 Å². The molecule has 0 saturated heterocycles.